The van der Waals surface area contributed by atoms with Crippen molar-refractivity contribution in [3.8, 4) is 5.88 Å². The lowest BCUT2D eigenvalue weighted by molar-refractivity contribution is -0.384. The van der Waals surface area contributed by atoms with Gasteiger partial charge in [0.15, 0.2) is 0 Å². The van der Waals surface area contributed by atoms with E-state index < -0.39 is 35.2 Å². The second kappa shape index (κ2) is 4.41. The third-order valence-corrected chi connectivity index (χ3v) is 1.70. The van der Waals surface area contributed by atoms with Gasteiger partial charge in [0.1, 0.15) is 0 Å². The zero-order valence-electron chi connectivity index (χ0n) is 8.19. The molecule has 0 unspecified atom stereocenters. The van der Waals surface area contributed by atoms with E-state index in [0.717, 1.165) is 6.07 Å². The number of nitro groups is 1. The van der Waals surface area contributed by atoms with E-state index >= 15 is 0 Å². The van der Waals surface area contributed by atoms with Crippen molar-refractivity contribution < 1.29 is 22.8 Å². The van der Waals surface area contributed by atoms with Gasteiger partial charge < -0.3 is 16.2 Å². The first kappa shape index (κ1) is 13.0. The van der Waals surface area contributed by atoms with Crippen LogP contribution in [-0.2, 0) is 6.54 Å². The molecule has 1 aromatic rings. The van der Waals surface area contributed by atoms with E-state index in [9.17, 15) is 23.3 Å². The number of hydrogen-bond donors (Lipinski definition) is 2. The second-order valence-electron chi connectivity index (χ2n) is 2.87. The molecule has 1 rings (SSSR count). The van der Waals surface area contributed by atoms with Gasteiger partial charge >= 0.3 is 12.0 Å². The predicted octanol–water partition coefficient (Wildman–Crippen LogP) is 0.929. The molecule has 0 saturated carbocycles. The number of halogens is 3. The van der Waals surface area contributed by atoms with Crippen LogP contribution in [0.5, 0.6) is 5.88 Å². The standard InChI is InChI=1S/C7H7F3N4O3/c8-7(9,10)17-6-3(2-11)1-4(14(15)16)5(12)13-6/h1H,2,11H2,(H2,12,13). The molecular weight excluding hydrogens is 245 g/mol. The molecule has 0 radical (unpaired) electrons. The Hall–Kier alpha value is -2.10. The molecule has 17 heavy (non-hydrogen) atoms. The maximum absolute atomic E-state index is 12.0. The van der Waals surface area contributed by atoms with Gasteiger partial charge in [-0.1, -0.05) is 0 Å². The average Bonchev–Trinajstić information content (AvgIpc) is 2.14. The summed E-state index contributed by atoms with van der Waals surface area (Å²) in [6, 6.07) is 0.795. The predicted molar refractivity (Wildman–Crippen MR) is 49.9 cm³/mol. The summed E-state index contributed by atoms with van der Waals surface area (Å²) in [6.45, 7) is -0.403. The number of alkyl halides is 3. The minimum absolute atomic E-state index is 0.261. The highest BCUT2D eigenvalue weighted by Gasteiger charge is 2.33. The molecule has 94 valence electrons. The van der Waals surface area contributed by atoms with E-state index in [1.807, 2.05) is 0 Å². The molecule has 10 heteroatoms. The van der Waals surface area contributed by atoms with Crippen LogP contribution < -0.4 is 16.2 Å². The van der Waals surface area contributed by atoms with Crippen molar-refractivity contribution in [3.63, 3.8) is 0 Å². The van der Waals surface area contributed by atoms with Crippen LogP contribution in [0.1, 0.15) is 5.56 Å². The monoisotopic (exact) mass is 252 g/mol. The van der Waals surface area contributed by atoms with Gasteiger partial charge in [-0.15, -0.1) is 13.2 Å². The lowest BCUT2D eigenvalue weighted by Crippen LogP contribution is -2.20. The fourth-order valence-corrected chi connectivity index (χ4v) is 1.03. The van der Waals surface area contributed by atoms with Gasteiger partial charge in [-0.05, 0) is 0 Å². The third-order valence-electron chi connectivity index (χ3n) is 1.70. The Kier molecular flexibility index (Phi) is 3.36. The maximum atomic E-state index is 12.0. The van der Waals surface area contributed by atoms with Crippen molar-refractivity contribution in [1.82, 2.24) is 4.98 Å². The minimum Gasteiger partial charge on any atom is -0.387 e. The summed E-state index contributed by atoms with van der Waals surface area (Å²) in [5.41, 5.74) is 9.38. The molecule has 7 nitrogen and oxygen atoms in total. The highest BCUT2D eigenvalue weighted by molar-refractivity contribution is 5.56. The molecule has 0 bridgehead atoms. The van der Waals surface area contributed by atoms with Crippen LogP contribution in [0.25, 0.3) is 0 Å². The number of nitrogen functional groups attached to an aromatic ring is 1. The number of pyridine rings is 1. The average molecular weight is 252 g/mol. The largest absolute Gasteiger partial charge is 0.574 e. The molecule has 0 aromatic carbocycles. The maximum Gasteiger partial charge on any atom is 0.574 e. The number of ether oxygens (including phenoxy) is 1. The number of rotatable bonds is 3. The number of hydrogen-bond acceptors (Lipinski definition) is 6. The number of aromatic nitrogens is 1. The van der Waals surface area contributed by atoms with E-state index in [-0.39, 0.29) is 5.56 Å². The highest BCUT2D eigenvalue weighted by Crippen LogP contribution is 2.30. The number of anilines is 1. The Balaban J connectivity index is 3.24. The van der Waals surface area contributed by atoms with Crippen LogP contribution in [0.3, 0.4) is 0 Å². The summed E-state index contributed by atoms with van der Waals surface area (Å²) in [4.78, 5) is 12.8. The molecule has 0 aliphatic heterocycles. The molecule has 0 atom stereocenters. The fourth-order valence-electron chi connectivity index (χ4n) is 1.03. The van der Waals surface area contributed by atoms with Crippen LogP contribution in [0.15, 0.2) is 6.07 Å². The van der Waals surface area contributed by atoms with E-state index in [1.165, 1.54) is 0 Å². The summed E-state index contributed by atoms with van der Waals surface area (Å²) in [5, 5.41) is 10.5. The first-order valence-corrected chi connectivity index (χ1v) is 4.14. The van der Waals surface area contributed by atoms with E-state index in [0.29, 0.717) is 0 Å². The zero-order valence-corrected chi connectivity index (χ0v) is 8.19. The van der Waals surface area contributed by atoms with E-state index in [1.54, 1.807) is 0 Å². The van der Waals surface area contributed by atoms with Crippen LogP contribution >= 0.6 is 0 Å². The van der Waals surface area contributed by atoms with Gasteiger partial charge in [0.25, 0.3) is 0 Å². The Labute approximate surface area is 92.3 Å². The highest BCUT2D eigenvalue weighted by atomic mass is 19.4. The molecule has 0 aliphatic rings. The summed E-state index contributed by atoms with van der Waals surface area (Å²) in [6.07, 6.45) is -4.97. The quantitative estimate of drug-likeness (QED) is 0.610. The SMILES string of the molecule is NCc1cc([N+](=O)[O-])c(N)nc1OC(F)(F)F. The molecule has 0 amide bonds. The Morgan fingerprint density at radius 2 is 2.12 bits per heavy atom. The van der Waals surface area contributed by atoms with Crippen molar-refractivity contribution in [2.75, 3.05) is 5.73 Å². The Bertz CT molecular complexity index is 449. The summed E-state index contributed by atoms with van der Waals surface area (Å²) < 4.78 is 39.5. The van der Waals surface area contributed by atoms with Crippen LogP contribution in [-0.4, -0.2) is 16.3 Å². The lowest BCUT2D eigenvalue weighted by Gasteiger charge is -2.11. The second-order valence-corrected chi connectivity index (χ2v) is 2.87. The van der Waals surface area contributed by atoms with Crippen LogP contribution in [0, 0.1) is 10.1 Å². The van der Waals surface area contributed by atoms with Crippen molar-refractivity contribution in [2.24, 2.45) is 5.73 Å². The molecule has 4 N–H and O–H groups in total. The van der Waals surface area contributed by atoms with Crippen molar-refractivity contribution >= 4 is 11.5 Å². The summed E-state index contributed by atoms with van der Waals surface area (Å²) in [7, 11) is 0. The molecule has 0 saturated heterocycles. The van der Waals surface area contributed by atoms with Crippen molar-refractivity contribution in [1.29, 1.82) is 0 Å². The zero-order chi connectivity index (χ0) is 13.2. The van der Waals surface area contributed by atoms with Crippen LogP contribution in [0.2, 0.25) is 0 Å². The van der Waals surface area contributed by atoms with Gasteiger partial charge in [-0.2, -0.15) is 4.98 Å². The Morgan fingerprint density at radius 1 is 1.53 bits per heavy atom. The molecule has 0 fully saturated rings. The first-order chi connectivity index (χ1) is 7.74. The summed E-state index contributed by atoms with van der Waals surface area (Å²) >= 11 is 0. The van der Waals surface area contributed by atoms with Gasteiger partial charge in [-0.25, -0.2) is 0 Å². The van der Waals surface area contributed by atoms with Crippen LogP contribution in [0.4, 0.5) is 24.7 Å². The van der Waals surface area contributed by atoms with Gasteiger partial charge in [0.2, 0.25) is 11.7 Å². The lowest BCUT2D eigenvalue weighted by atomic mass is 10.2. The molecule has 1 aromatic heterocycles. The molecule has 0 aliphatic carbocycles. The van der Waals surface area contributed by atoms with Gasteiger partial charge in [0.05, 0.1) is 4.92 Å². The first-order valence-electron chi connectivity index (χ1n) is 4.14. The van der Waals surface area contributed by atoms with Gasteiger partial charge in [-0.3, -0.25) is 10.1 Å². The normalized spacial score (nSPS) is 11.3. The topological polar surface area (TPSA) is 117 Å². The fraction of sp³-hybridized carbons (Fsp3) is 0.286. The molecule has 0 spiro atoms. The molecular formula is C7H7F3N4O3. The number of nitrogens with two attached hydrogens (primary N) is 2. The van der Waals surface area contributed by atoms with Crippen molar-refractivity contribution in [3.05, 3.63) is 21.7 Å². The van der Waals surface area contributed by atoms with E-state index in [2.05, 4.69) is 9.72 Å². The Morgan fingerprint density at radius 3 is 2.53 bits per heavy atom. The number of nitrogens with zero attached hydrogens (tertiary/aromatic N) is 2. The van der Waals surface area contributed by atoms with Gasteiger partial charge in [0, 0.05) is 18.2 Å². The smallest absolute Gasteiger partial charge is 0.387 e. The molecule has 1 heterocycles. The minimum atomic E-state index is -4.97. The third kappa shape index (κ3) is 3.17. The van der Waals surface area contributed by atoms with Crippen molar-refractivity contribution in [2.45, 2.75) is 12.9 Å². The summed E-state index contributed by atoms with van der Waals surface area (Å²) in [5.74, 6) is -1.56. The van der Waals surface area contributed by atoms with E-state index in [4.69, 9.17) is 11.5 Å².